The molecule has 0 radical (unpaired) electrons. The van der Waals surface area contributed by atoms with Crippen LogP contribution in [0.15, 0.2) is 6.20 Å². The van der Waals surface area contributed by atoms with E-state index in [0.29, 0.717) is 5.41 Å². The van der Waals surface area contributed by atoms with Crippen LogP contribution in [0.1, 0.15) is 30.7 Å². The van der Waals surface area contributed by atoms with Crippen LogP contribution in [-0.4, -0.2) is 30.2 Å². The number of methoxy groups -OCH3 is 1. The van der Waals surface area contributed by atoms with Crippen LogP contribution >= 0.6 is 0 Å². The molecule has 1 saturated carbocycles. The Morgan fingerprint density at radius 2 is 2.12 bits per heavy atom. The molecule has 0 spiro atoms. The van der Waals surface area contributed by atoms with Gasteiger partial charge in [-0.05, 0) is 38.5 Å². The molecular weight excluding hydrogens is 214 g/mol. The topological polar surface area (TPSA) is 47.0 Å². The Bertz CT molecular complexity index is 388. The molecule has 0 aromatic carbocycles. The number of ether oxygens (including phenoxy) is 1. The quantitative estimate of drug-likeness (QED) is 0.822. The first-order chi connectivity index (χ1) is 8.15. The summed E-state index contributed by atoms with van der Waals surface area (Å²) in [6.45, 7) is 5.80. The molecule has 1 N–H and O–H groups in total. The van der Waals surface area contributed by atoms with E-state index in [1.807, 2.05) is 20.0 Å². The molecule has 4 heteroatoms. The van der Waals surface area contributed by atoms with Gasteiger partial charge < -0.3 is 10.1 Å². The van der Waals surface area contributed by atoms with Crippen LogP contribution in [0.4, 0.5) is 5.82 Å². The number of anilines is 1. The zero-order chi connectivity index (χ0) is 12.3. The standard InChI is InChI=1S/C13H21N3O/c1-10-11(2)16-12(8-14-10)15-9-13(4-5-13)6-7-17-3/h8H,4-7,9H2,1-3H3,(H,15,16). The molecular formula is C13H21N3O. The summed E-state index contributed by atoms with van der Waals surface area (Å²) >= 11 is 0. The molecule has 4 nitrogen and oxygen atoms in total. The number of rotatable bonds is 6. The summed E-state index contributed by atoms with van der Waals surface area (Å²) in [5, 5.41) is 3.40. The smallest absolute Gasteiger partial charge is 0.144 e. The van der Waals surface area contributed by atoms with Crippen LogP contribution in [0.3, 0.4) is 0 Å². The van der Waals surface area contributed by atoms with Gasteiger partial charge in [0, 0.05) is 20.3 Å². The van der Waals surface area contributed by atoms with Gasteiger partial charge in [-0.3, -0.25) is 4.98 Å². The summed E-state index contributed by atoms with van der Waals surface area (Å²) in [5.74, 6) is 0.886. The number of nitrogens with one attached hydrogen (secondary N) is 1. The summed E-state index contributed by atoms with van der Waals surface area (Å²) < 4.78 is 5.15. The Morgan fingerprint density at radius 1 is 1.35 bits per heavy atom. The van der Waals surface area contributed by atoms with Gasteiger partial charge in [-0.2, -0.15) is 0 Å². The first-order valence-electron chi connectivity index (χ1n) is 6.18. The maximum Gasteiger partial charge on any atom is 0.144 e. The van der Waals surface area contributed by atoms with E-state index in [9.17, 15) is 0 Å². The van der Waals surface area contributed by atoms with Gasteiger partial charge >= 0.3 is 0 Å². The highest BCUT2D eigenvalue weighted by Crippen LogP contribution is 2.48. The molecule has 1 fully saturated rings. The second-order valence-corrected chi connectivity index (χ2v) is 5.02. The van der Waals surface area contributed by atoms with Gasteiger partial charge in [-0.1, -0.05) is 0 Å². The molecule has 0 amide bonds. The number of hydrogen-bond donors (Lipinski definition) is 1. The van der Waals surface area contributed by atoms with Gasteiger partial charge in [0.2, 0.25) is 0 Å². The molecule has 0 bridgehead atoms. The molecule has 0 atom stereocenters. The summed E-state index contributed by atoms with van der Waals surface area (Å²) in [6, 6.07) is 0. The summed E-state index contributed by atoms with van der Waals surface area (Å²) in [7, 11) is 1.76. The minimum atomic E-state index is 0.441. The van der Waals surface area contributed by atoms with Gasteiger partial charge in [-0.25, -0.2) is 4.98 Å². The van der Waals surface area contributed by atoms with E-state index in [1.54, 1.807) is 7.11 Å². The van der Waals surface area contributed by atoms with E-state index in [2.05, 4.69) is 15.3 Å². The van der Waals surface area contributed by atoms with Gasteiger partial charge in [0.25, 0.3) is 0 Å². The summed E-state index contributed by atoms with van der Waals surface area (Å²) in [6.07, 6.45) is 5.53. The molecule has 1 aliphatic rings. The van der Waals surface area contributed by atoms with Gasteiger partial charge in [0.1, 0.15) is 5.82 Å². The van der Waals surface area contributed by atoms with Crippen LogP contribution in [0.5, 0.6) is 0 Å². The molecule has 0 saturated heterocycles. The van der Waals surface area contributed by atoms with Crippen LogP contribution < -0.4 is 5.32 Å². The van der Waals surface area contributed by atoms with Crippen molar-refractivity contribution >= 4 is 5.82 Å². The molecule has 0 unspecified atom stereocenters. The fraction of sp³-hybridized carbons (Fsp3) is 0.692. The highest BCUT2D eigenvalue weighted by Gasteiger charge is 2.41. The molecule has 1 heterocycles. The molecule has 0 aliphatic heterocycles. The van der Waals surface area contributed by atoms with Crippen LogP contribution in [0.2, 0.25) is 0 Å². The van der Waals surface area contributed by atoms with E-state index >= 15 is 0 Å². The van der Waals surface area contributed by atoms with Crippen molar-refractivity contribution in [3.05, 3.63) is 17.6 Å². The van der Waals surface area contributed by atoms with Gasteiger partial charge in [0.05, 0.1) is 17.6 Å². The lowest BCUT2D eigenvalue weighted by Crippen LogP contribution is -2.18. The fourth-order valence-electron chi connectivity index (χ4n) is 1.92. The van der Waals surface area contributed by atoms with E-state index in [1.165, 1.54) is 12.8 Å². The predicted molar refractivity (Wildman–Crippen MR) is 68.2 cm³/mol. The molecule has 1 aliphatic carbocycles. The van der Waals surface area contributed by atoms with Crippen molar-refractivity contribution in [1.29, 1.82) is 0 Å². The van der Waals surface area contributed by atoms with E-state index in [4.69, 9.17) is 4.74 Å². The van der Waals surface area contributed by atoms with Crippen molar-refractivity contribution in [2.24, 2.45) is 5.41 Å². The third kappa shape index (κ3) is 3.16. The summed E-state index contributed by atoms with van der Waals surface area (Å²) in [4.78, 5) is 8.79. The van der Waals surface area contributed by atoms with Gasteiger partial charge in [0.15, 0.2) is 0 Å². The zero-order valence-electron chi connectivity index (χ0n) is 10.9. The number of aryl methyl sites for hydroxylation is 2. The monoisotopic (exact) mass is 235 g/mol. The molecule has 94 valence electrons. The molecule has 1 aromatic heterocycles. The zero-order valence-corrected chi connectivity index (χ0v) is 10.9. The van der Waals surface area contributed by atoms with Crippen LogP contribution in [0, 0.1) is 19.3 Å². The highest BCUT2D eigenvalue weighted by molar-refractivity contribution is 5.34. The Hall–Kier alpha value is -1.16. The Kier molecular flexibility index (Phi) is 3.62. The van der Waals surface area contributed by atoms with Crippen molar-refractivity contribution in [2.75, 3.05) is 25.6 Å². The van der Waals surface area contributed by atoms with Crippen molar-refractivity contribution < 1.29 is 4.74 Å². The maximum absolute atomic E-state index is 5.15. The third-order valence-electron chi connectivity index (χ3n) is 3.63. The Balaban J connectivity index is 1.87. The minimum Gasteiger partial charge on any atom is -0.385 e. The second-order valence-electron chi connectivity index (χ2n) is 5.02. The predicted octanol–water partition coefficient (Wildman–Crippen LogP) is 2.32. The summed E-state index contributed by atoms with van der Waals surface area (Å²) in [5.41, 5.74) is 2.43. The van der Waals surface area contributed by atoms with Crippen molar-refractivity contribution in [3.8, 4) is 0 Å². The number of nitrogens with zero attached hydrogens (tertiary/aromatic N) is 2. The average molecular weight is 235 g/mol. The number of aromatic nitrogens is 2. The first-order valence-corrected chi connectivity index (χ1v) is 6.18. The second kappa shape index (κ2) is 5.00. The van der Waals surface area contributed by atoms with E-state index < -0.39 is 0 Å². The normalized spacial score (nSPS) is 16.9. The third-order valence-corrected chi connectivity index (χ3v) is 3.63. The first kappa shape index (κ1) is 12.3. The minimum absolute atomic E-state index is 0.441. The lowest BCUT2D eigenvalue weighted by molar-refractivity contribution is 0.175. The van der Waals surface area contributed by atoms with Gasteiger partial charge in [-0.15, -0.1) is 0 Å². The Morgan fingerprint density at radius 3 is 2.71 bits per heavy atom. The average Bonchev–Trinajstić information content (AvgIpc) is 3.09. The SMILES string of the molecule is COCCC1(CNc2cnc(C)c(C)n2)CC1. The van der Waals surface area contributed by atoms with Crippen molar-refractivity contribution in [2.45, 2.75) is 33.1 Å². The van der Waals surface area contributed by atoms with Crippen LogP contribution in [0.25, 0.3) is 0 Å². The molecule has 1 aromatic rings. The van der Waals surface area contributed by atoms with E-state index in [0.717, 1.165) is 36.8 Å². The molecule has 17 heavy (non-hydrogen) atoms. The maximum atomic E-state index is 5.15. The number of hydrogen-bond acceptors (Lipinski definition) is 4. The Labute approximate surface area is 103 Å². The lowest BCUT2D eigenvalue weighted by atomic mass is 10.0. The highest BCUT2D eigenvalue weighted by atomic mass is 16.5. The van der Waals surface area contributed by atoms with Crippen molar-refractivity contribution in [1.82, 2.24) is 9.97 Å². The lowest BCUT2D eigenvalue weighted by Gasteiger charge is -2.16. The van der Waals surface area contributed by atoms with E-state index in [-0.39, 0.29) is 0 Å². The fourth-order valence-corrected chi connectivity index (χ4v) is 1.92. The molecule has 2 rings (SSSR count). The largest absolute Gasteiger partial charge is 0.385 e. The van der Waals surface area contributed by atoms with Crippen LogP contribution in [-0.2, 0) is 4.74 Å². The van der Waals surface area contributed by atoms with Crippen molar-refractivity contribution in [3.63, 3.8) is 0 Å².